The van der Waals surface area contributed by atoms with E-state index in [0.29, 0.717) is 12.3 Å². The summed E-state index contributed by atoms with van der Waals surface area (Å²) >= 11 is 0. The highest BCUT2D eigenvalue weighted by atomic mass is 16.7. The SMILES string of the molecule is O=C1C=C(c2ccc3c(c2)OCO3)NC2C(c3ccccn3)CNN12. The summed E-state index contributed by atoms with van der Waals surface area (Å²) in [5, 5.41) is 5.10. The van der Waals surface area contributed by atoms with Gasteiger partial charge in [0, 0.05) is 35.8 Å². The van der Waals surface area contributed by atoms with E-state index in [1.807, 2.05) is 36.4 Å². The van der Waals surface area contributed by atoms with Crippen molar-refractivity contribution in [2.24, 2.45) is 0 Å². The van der Waals surface area contributed by atoms with Gasteiger partial charge in [-0.3, -0.25) is 14.8 Å². The molecule has 2 aromatic rings. The van der Waals surface area contributed by atoms with Crippen molar-refractivity contribution in [3.63, 3.8) is 0 Å². The van der Waals surface area contributed by atoms with Gasteiger partial charge in [0.1, 0.15) is 6.17 Å². The molecule has 5 rings (SSSR count). The van der Waals surface area contributed by atoms with Gasteiger partial charge in [0.15, 0.2) is 11.5 Å². The number of fused-ring (bicyclic) bond motifs is 2. The normalized spacial score (nSPS) is 23.9. The number of rotatable bonds is 2. The van der Waals surface area contributed by atoms with Crippen LogP contribution >= 0.6 is 0 Å². The van der Waals surface area contributed by atoms with E-state index in [9.17, 15) is 4.79 Å². The second kappa shape index (κ2) is 5.49. The predicted molar refractivity (Wildman–Crippen MR) is 89.3 cm³/mol. The molecule has 126 valence electrons. The van der Waals surface area contributed by atoms with Gasteiger partial charge in [0.2, 0.25) is 6.79 Å². The summed E-state index contributed by atoms with van der Waals surface area (Å²) in [5.74, 6) is 1.42. The molecule has 0 spiro atoms. The van der Waals surface area contributed by atoms with Crippen LogP contribution in [-0.2, 0) is 4.79 Å². The molecule has 1 aromatic carbocycles. The first-order valence-corrected chi connectivity index (χ1v) is 8.15. The lowest BCUT2D eigenvalue weighted by atomic mass is 9.99. The van der Waals surface area contributed by atoms with Crippen LogP contribution in [0.1, 0.15) is 17.2 Å². The monoisotopic (exact) mass is 336 g/mol. The van der Waals surface area contributed by atoms with Crippen LogP contribution in [0.2, 0.25) is 0 Å². The first-order chi connectivity index (χ1) is 12.3. The minimum Gasteiger partial charge on any atom is -0.454 e. The largest absolute Gasteiger partial charge is 0.454 e. The number of aromatic nitrogens is 1. The van der Waals surface area contributed by atoms with E-state index >= 15 is 0 Å². The molecule has 7 heteroatoms. The zero-order valence-electron chi connectivity index (χ0n) is 13.3. The molecule has 7 nitrogen and oxygen atoms in total. The first-order valence-electron chi connectivity index (χ1n) is 8.15. The maximum absolute atomic E-state index is 12.5. The summed E-state index contributed by atoms with van der Waals surface area (Å²) in [7, 11) is 0. The van der Waals surface area contributed by atoms with E-state index < -0.39 is 0 Å². The summed E-state index contributed by atoms with van der Waals surface area (Å²) < 4.78 is 10.8. The first kappa shape index (κ1) is 14.3. The van der Waals surface area contributed by atoms with E-state index in [0.717, 1.165) is 22.7 Å². The van der Waals surface area contributed by atoms with Gasteiger partial charge < -0.3 is 14.8 Å². The number of amides is 1. The molecule has 1 fully saturated rings. The summed E-state index contributed by atoms with van der Waals surface area (Å²) in [6.45, 7) is 0.884. The van der Waals surface area contributed by atoms with Crippen molar-refractivity contribution in [1.82, 2.24) is 20.7 Å². The van der Waals surface area contributed by atoms with Crippen LogP contribution in [0.3, 0.4) is 0 Å². The molecule has 0 aliphatic carbocycles. The number of carbonyl (C=O) groups is 1. The Kier molecular flexibility index (Phi) is 3.14. The van der Waals surface area contributed by atoms with Crippen molar-refractivity contribution >= 4 is 11.6 Å². The zero-order valence-corrected chi connectivity index (χ0v) is 13.3. The molecule has 25 heavy (non-hydrogen) atoms. The van der Waals surface area contributed by atoms with Crippen LogP contribution in [0.5, 0.6) is 11.5 Å². The molecule has 1 aromatic heterocycles. The number of hydrazine groups is 1. The highest BCUT2D eigenvalue weighted by Crippen LogP contribution is 2.36. The zero-order chi connectivity index (χ0) is 16.8. The number of hydrogen-bond acceptors (Lipinski definition) is 6. The number of carbonyl (C=O) groups excluding carboxylic acids is 1. The number of pyridine rings is 1. The Morgan fingerprint density at radius 3 is 2.96 bits per heavy atom. The van der Waals surface area contributed by atoms with Crippen molar-refractivity contribution in [1.29, 1.82) is 0 Å². The Morgan fingerprint density at radius 1 is 1.16 bits per heavy atom. The fourth-order valence-electron chi connectivity index (χ4n) is 3.45. The highest BCUT2D eigenvalue weighted by molar-refractivity contribution is 5.97. The summed E-state index contributed by atoms with van der Waals surface area (Å²) in [4.78, 5) is 17.0. The third-order valence-electron chi connectivity index (χ3n) is 4.70. The average Bonchev–Trinajstić information content (AvgIpc) is 3.28. The fraction of sp³-hybridized carbons (Fsp3) is 0.222. The van der Waals surface area contributed by atoms with E-state index in [1.165, 1.54) is 0 Å². The molecule has 2 unspecified atom stereocenters. The highest BCUT2D eigenvalue weighted by Gasteiger charge is 2.41. The molecular weight excluding hydrogens is 320 g/mol. The van der Waals surface area contributed by atoms with Crippen LogP contribution in [0.4, 0.5) is 0 Å². The summed E-state index contributed by atoms with van der Waals surface area (Å²) in [6.07, 6.45) is 3.19. The van der Waals surface area contributed by atoms with Crippen molar-refractivity contribution in [3.05, 3.63) is 59.9 Å². The molecule has 0 radical (unpaired) electrons. The molecule has 1 saturated heterocycles. The van der Waals surface area contributed by atoms with E-state index in [-0.39, 0.29) is 24.8 Å². The quantitative estimate of drug-likeness (QED) is 0.859. The van der Waals surface area contributed by atoms with Crippen molar-refractivity contribution in [2.75, 3.05) is 13.3 Å². The minimum absolute atomic E-state index is 0.0721. The van der Waals surface area contributed by atoms with Gasteiger partial charge in [-0.25, -0.2) is 5.43 Å². The van der Waals surface area contributed by atoms with Gasteiger partial charge in [0.05, 0.1) is 5.92 Å². The van der Waals surface area contributed by atoms with E-state index in [2.05, 4.69) is 15.7 Å². The third-order valence-corrected chi connectivity index (χ3v) is 4.70. The lowest BCUT2D eigenvalue weighted by Crippen LogP contribution is -2.52. The number of benzene rings is 1. The smallest absolute Gasteiger partial charge is 0.264 e. The van der Waals surface area contributed by atoms with Crippen molar-refractivity contribution in [3.8, 4) is 11.5 Å². The Morgan fingerprint density at radius 2 is 2.08 bits per heavy atom. The van der Waals surface area contributed by atoms with Gasteiger partial charge >= 0.3 is 0 Å². The minimum atomic E-state index is -0.187. The van der Waals surface area contributed by atoms with Crippen LogP contribution in [0, 0.1) is 0 Å². The predicted octanol–water partition coefficient (Wildman–Crippen LogP) is 1.21. The number of nitrogens with zero attached hydrogens (tertiary/aromatic N) is 2. The average molecular weight is 336 g/mol. The molecule has 4 heterocycles. The fourth-order valence-corrected chi connectivity index (χ4v) is 3.45. The number of ether oxygens (including phenoxy) is 2. The number of hydrogen-bond donors (Lipinski definition) is 2. The Hall–Kier alpha value is -3.06. The maximum Gasteiger partial charge on any atom is 0.264 e. The summed E-state index contributed by atoms with van der Waals surface area (Å²) in [5.41, 5.74) is 5.78. The maximum atomic E-state index is 12.5. The Labute approximate surface area is 144 Å². The van der Waals surface area contributed by atoms with Crippen LogP contribution in [0.15, 0.2) is 48.7 Å². The van der Waals surface area contributed by atoms with Crippen LogP contribution in [-0.4, -0.2) is 35.4 Å². The van der Waals surface area contributed by atoms with Crippen LogP contribution < -0.4 is 20.2 Å². The van der Waals surface area contributed by atoms with Gasteiger partial charge in [-0.05, 0) is 30.3 Å². The van der Waals surface area contributed by atoms with Gasteiger partial charge in [0.25, 0.3) is 5.91 Å². The molecule has 3 aliphatic heterocycles. The van der Waals surface area contributed by atoms with Crippen LogP contribution in [0.25, 0.3) is 5.70 Å². The Bertz CT molecular complexity index is 868. The molecule has 3 aliphatic rings. The lowest BCUT2D eigenvalue weighted by Gasteiger charge is -2.33. The second-order valence-corrected chi connectivity index (χ2v) is 6.15. The topological polar surface area (TPSA) is 75.7 Å². The van der Waals surface area contributed by atoms with Gasteiger partial charge in [-0.1, -0.05) is 6.07 Å². The molecule has 2 atom stereocenters. The molecule has 0 saturated carbocycles. The molecular formula is C18H16N4O3. The van der Waals surface area contributed by atoms with Gasteiger partial charge in [-0.15, -0.1) is 0 Å². The third kappa shape index (κ3) is 2.32. The Balaban J connectivity index is 1.47. The summed E-state index contributed by atoms with van der Waals surface area (Å²) in [6, 6.07) is 11.5. The lowest BCUT2D eigenvalue weighted by molar-refractivity contribution is -0.130. The standard InChI is InChI=1S/C18H16N4O3/c23-17-8-14(11-4-5-15-16(7-11)25-10-24-15)21-18-12(9-20-22(17)18)13-3-1-2-6-19-13/h1-8,12,18,20-21H,9-10H2. The number of nitrogens with one attached hydrogen (secondary N) is 2. The molecule has 2 N–H and O–H groups in total. The van der Waals surface area contributed by atoms with Gasteiger partial charge in [-0.2, -0.15) is 0 Å². The second-order valence-electron chi connectivity index (χ2n) is 6.15. The van der Waals surface area contributed by atoms with Crippen molar-refractivity contribution in [2.45, 2.75) is 12.1 Å². The molecule has 0 bridgehead atoms. The van der Waals surface area contributed by atoms with Crippen molar-refractivity contribution < 1.29 is 14.3 Å². The van der Waals surface area contributed by atoms with E-state index in [4.69, 9.17) is 9.47 Å². The van der Waals surface area contributed by atoms with E-state index in [1.54, 1.807) is 17.3 Å². The molecule has 1 amide bonds.